The Hall–Kier alpha value is -4.73. The fourth-order valence-corrected chi connectivity index (χ4v) is 5.73. The molecule has 4 N–H and O–H groups in total. The second kappa shape index (κ2) is 17.8. The van der Waals surface area contributed by atoms with E-state index in [0.717, 1.165) is 16.7 Å². The summed E-state index contributed by atoms with van der Waals surface area (Å²) in [5.74, 6) is -0.992. The van der Waals surface area contributed by atoms with Crippen LogP contribution in [0.1, 0.15) is 49.4 Å². The summed E-state index contributed by atoms with van der Waals surface area (Å²) in [6.45, 7) is 4.09. The molecule has 3 amide bonds. The van der Waals surface area contributed by atoms with Crippen molar-refractivity contribution in [1.29, 1.82) is 5.26 Å². The average Bonchev–Trinajstić information content (AvgIpc) is 3.56. The SMILES string of the molecule is CC(C)(N)C(=O)N[C@H](COCc1ccccc1)C(=O)Nc1cn(C(C(=O)N2CCC(C#N)(c3ccccc3)CC2)c2ccccc2)cn1.Cl.Cl. The maximum atomic E-state index is 14.2. The largest absolute Gasteiger partial charge is 0.374 e. The molecule has 1 aromatic heterocycles. The van der Waals surface area contributed by atoms with Crippen molar-refractivity contribution in [2.45, 2.75) is 56.3 Å². The number of rotatable bonds is 12. The van der Waals surface area contributed by atoms with E-state index in [1.807, 2.05) is 91.0 Å². The number of anilines is 1. The van der Waals surface area contributed by atoms with Gasteiger partial charge in [0.25, 0.3) is 5.91 Å². The maximum Gasteiger partial charge on any atom is 0.250 e. The normalized spacial score (nSPS) is 14.9. The lowest BCUT2D eigenvalue weighted by atomic mass is 9.74. The smallest absolute Gasteiger partial charge is 0.250 e. The summed E-state index contributed by atoms with van der Waals surface area (Å²) in [4.78, 5) is 46.5. The third kappa shape index (κ3) is 9.70. The molecule has 2 atom stereocenters. The summed E-state index contributed by atoms with van der Waals surface area (Å²) in [6.07, 6.45) is 4.13. The van der Waals surface area contributed by atoms with Crippen LogP contribution in [0.15, 0.2) is 104 Å². The molecule has 1 unspecified atom stereocenters. The van der Waals surface area contributed by atoms with Crippen LogP contribution in [-0.4, -0.2) is 63.4 Å². The monoisotopic (exact) mass is 719 g/mol. The molecule has 0 aliphatic carbocycles. The Labute approximate surface area is 305 Å². The fraction of sp³-hybridized carbons (Fsp3) is 0.324. The van der Waals surface area contributed by atoms with Crippen molar-refractivity contribution in [3.8, 4) is 6.07 Å². The molecular weight excluding hydrogens is 677 g/mol. The lowest BCUT2D eigenvalue weighted by molar-refractivity contribution is -0.135. The van der Waals surface area contributed by atoms with Crippen molar-refractivity contribution in [1.82, 2.24) is 19.8 Å². The third-order valence-corrected chi connectivity index (χ3v) is 8.57. The van der Waals surface area contributed by atoms with Gasteiger partial charge in [-0.05, 0) is 43.4 Å². The summed E-state index contributed by atoms with van der Waals surface area (Å²) in [6, 6.07) is 29.3. The molecule has 5 rings (SSSR count). The molecule has 13 heteroatoms. The molecule has 50 heavy (non-hydrogen) atoms. The van der Waals surface area contributed by atoms with Crippen molar-refractivity contribution in [3.63, 3.8) is 0 Å². The van der Waals surface area contributed by atoms with Gasteiger partial charge in [-0.1, -0.05) is 91.0 Å². The zero-order valence-electron chi connectivity index (χ0n) is 28.0. The first-order chi connectivity index (χ1) is 23.1. The zero-order valence-corrected chi connectivity index (χ0v) is 29.7. The molecule has 11 nitrogen and oxygen atoms in total. The second-order valence-corrected chi connectivity index (χ2v) is 12.6. The lowest BCUT2D eigenvalue weighted by Crippen LogP contribution is -2.56. The zero-order chi connectivity index (χ0) is 34.1. The number of benzene rings is 3. The number of aromatic nitrogens is 2. The number of carbonyl (C=O) groups is 3. The quantitative estimate of drug-likeness (QED) is 0.190. The third-order valence-electron chi connectivity index (χ3n) is 8.57. The van der Waals surface area contributed by atoms with Crippen LogP contribution >= 0.6 is 24.8 Å². The number of nitrogens with one attached hydrogen (secondary N) is 2. The molecule has 1 saturated heterocycles. The van der Waals surface area contributed by atoms with Gasteiger partial charge < -0.3 is 30.6 Å². The molecule has 0 saturated carbocycles. The highest BCUT2D eigenvalue weighted by atomic mass is 35.5. The van der Waals surface area contributed by atoms with Gasteiger partial charge >= 0.3 is 0 Å². The van der Waals surface area contributed by atoms with Crippen LogP contribution in [0.5, 0.6) is 0 Å². The van der Waals surface area contributed by atoms with Crippen LogP contribution in [0.25, 0.3) is 0 Å². The van der Waals surface area contributed by atoms with Crippen molar-refractivity contribution in [2.75, 3.05) is 25.0 Å². The topological polar surface area (TPSA) is 155 Å². The van der Waals surface area contributed by atoms with E-state index in [0.29, 0.717) is 25.9 Å². The van der Waals surface area contributed by atoms with E-state index in [-0.39, 0.29) is 49.8 Å². The van der Waals surface area contributed by atoms with Crippen molar-refractivity contribution in [3.05, 3.63) is 120 Å². The number of hydrogen-bond acceptors (Lipinski definition) is 7. The van der Waals surface area contributed by atoms with E-state index in [4.69, 9.17) is 10.5 Å². The Bertz CT molecular complexity index is 1730. The number of nitrogens with zero attached hydrogens (tertiary/aromatic N) is 4. The molecule has 0 radical (unpaired) electrons. The van der Waals surface area contributed by atoms with E-state index in [2.05, 4.69) is 21.7 Å². The number of amides is 3. The van der Waals surface area contributed by atoms with Gasteiger partial charge in [-0.15, -0.1) is 24.8 Å². The molecule has 1 aliphatic heterocycles. The fourth-order valence-electron chi connectivity index (χ4n) is 5.73. The number of nitriles is 1. The van der Waals surface area contributed by atoms with Crippen LogP contribution in [0.3, 0.4) is 0 Å². The van der Waals surface area contributed by atoms with Crippen LogP contribution in [0, 0.1) is 11.3 Å². The van der Waals surface area contributed by atoms with Crippen molar-refractivity contribution >= 4 is 48.4 Å². The second-order valence-electron chi connectivity index (χ2n) is 12.6. The van der Waals surface area contributed by atoms with Gasteiger partial charge in [-0.3, -0.25) is 14.4 Å². The summed E-state index contributed by atoms with van der Waals surface area (Å²) in [5, 5.41) is 15.6. The van der Waals surface area contributed by atoms with Gasteiger partial charge in [0.15, 0.2) is 5.82 Å². The highest BCUT2D eigenvalue weighted by Crippen LogP contribution is 2.36. The average molecular weight is 721 g/mol. The molecule has 0 spiro atoms. The first kappa shape index (κ1) is 39.7. The van der Waals surface area contributed by atoms with Crippen LogP contribution in [-0.2, 0) is 31.1 Å². The number of imidazole rings is 1. The molecule has 4 aromatic rings. The van der Waals surface area contributed by atoms with Gasteiger partial charge in [0, 0.05) is 19.3 Å². The van der Waals surface area contributed by atoms with Crippen LogP contribution in [0.4, 0.5) is 5.82 Å². The van der Waals surface area contributed by atoms with Gasteiger partial charge in [0.05, 0.1) is 36.6 Å². The Morgan fingerprint density at radius 3 is 2.12 bits per heavy atom. The van der Waals surface area contributed by atoms with Crippen molar-refractivity contribution < 1.29 is 19.1 Å². The molecule has 3 aromatic carbocycles. The van der Waals surface area contributed by atoms with Gasteiger partial charge in [0.2, 0.25) is 11.8 Å². The highest BCUT2D eigenvalue weighted by Gasteiger charge is 2.39. The van der Waals surface area contributed by atoms with E-state index in [1.165, 1.54) is 6.33 Å². The minimum atomic E-state index is -1.22. The molecule has 1 fully saturated rings. The predicted molar refractivity (Wildman–Crippen MR) is 196 cm³/mol. The number of nitrogens with two attached hydrogens (primary N) is 1. The number of carbonyl (C=O) groups excluding carboxylic acids is 3. The Morgan fingerprint density at radius 2 is 1.54 bits per heavy atom. The summed E-state index contributed by atoms with van der Waals surface area (Å²) >= 11 is 0. The molecule has 2 heterocycles. The number of piperidine rings is 1. The molecule has 0 bridgehead atoms. The first-order valence-corrected chi connectivity index (χ1v) is 16.0. The number of ether oxygens (including phenoxy) is 1. The standard InChI is InChI=1S/C37H41N7O4.2ClH/c1-36(2,39)35(47)41-30(24-48-23-27-12-6-3-7-13-27)33(45)42-31-22-44(26-40-31)32(28-14-8-4-9-15-28)34(46)43-20-18-37(25-38,19-21-43)29-16-10-5-11-17-29;;/h3-17,22,26,30,32H,18-21,23-24,39H2,1-2H3,(H,41,47)(H,42,45);2*1H/t30-,32?;;/m1../s1. The number of likely N-dealkylation sites (tertiary alicyclic amines) is 1. The molecule has 1 aliphatic rings. The Kier molecular flexibility index (Phi) is 14.1. The molecular formula is C37H43Cl2N7O4. The maximum absolute atomic E-state index is 14.2. The van der Waals surface area contributed by atoms with Crippen LogP contribution < -0.4 is 16.4 Å². The Morgan fingerprint density at radius 1 is 0.960 bits per heavy atom. The molecule has 264 valence electrons. The van der Waals surface area contributed by atoms with E-state index in [1.54, 1.807) is 29.5 Å². The minimum absolute atomic E-state index is 0. The Balaban J connectivity index is 0.00000338. The van der Waals surface area contributed by atoms with Gasteiger partial charge in [0.1, 0.15) is 12.1 Å². The summed E-state index contributed by atoms with van der Waals surface area (Å²) in [5.41, 5.74) is 6.75. The van der Waals surface area contributed by atoms with Crippen LogP contribution in [0.2, 0.25) is 0 Å². The lowest BCUT2D eigenvalue weighted by Gasteiger charge is -2.39. The van der Waals surface area contributed by atoms with E-state index >= 15 is 0 Å². The van der Waals surface area contributed by atoms with Gasteiger partial charge in [-0.25, -0.2) is 4.98 Å². The summed E-state index contributed by atoms with van der Waals surface area (Å²) < 4.78 is 7.46. The minimum Gasteiger partial charge on any atom is -0.374 e. The van der Waals surface area contributed by atoms with Crippen molar-refractivity contribution in [2.24, 2.45) is 5.73 Å². The number of halogens is 2. The highest BCUT2D eigenvalue weighted by molar-refractivity contribution is 5.98. The number of hydrogen-bond donors (Lipinski definition) is 3. The predicted octanol–water partition coefficient (Wildman–Crippen LogP) is 4.78. The first-order valence-electron chi connectivity index (χ1n) is 16.0. The van der Waals surface area contributed by atoms with E-state index < -0.39 is 34.9 Å². The van der Waals surface area contributed by atoms with Gasteiger partial charge in [-0.2, -0.15) is 5.26 Å². The summed E-state index contributed by atoms with van der Waals surface area (Å²) in [7, 11) is 0. The van der Waals surface area contributed by atoms with E-state index in [9.17, 15) is 19.6 Å².